The highest BCUT2D eigenvalue weighted by molar-refractivity contribution is 5.94. The Bertz CT molecular complexity index is 604. The monoisotopic (exact) mass is 329 g/mol. The van der Waals surface area contributed by atoms with Crippen molar-refractivity contribution in [3.8, 4) is 0 Å². The molecule has 0 radical (unpaired) electrons. The molecule has 1 unspecified atom stereocenters. The highest BCUT2D eigenvalue weighted by Gasteiger charge is 2.16. The molecule has 130 valence electrons. The summed E-state index contributed by atoms with van der Waals surface area (Å²) >= 11 is 0. The first kappa shape index (κ1) is 18.0. The van der Waals surface area contributed by atoms with Crippen LogP contribution in [0.15, 0.2) is 35.9 Å². The molecule has 1 aromatic rings. The Morgan fingerprint density at radius 2 is 1.83 bits per heavy atom. The summed E-state index contributed by atoms with van der Waals surface area (Å²) in [6.07, 6.45) is 4.96. The zero-order chi connectivity index (χ0) is 17.5. The normalized spacial score (nSPS) is 14.7. The molecule has 5 nitrogen and oxygen atoms in total. The van der Waals surface area contributed by atoms with Gasteiger partial charge in [-0.05, 0) is 57.7 Å². The van der Waals surface area contributed by atoms with Crippen LogP contribution in [0.5, 0.6) is 0 Å². The summed E-state index contributed by atoms with van der Waals surface area (Å²) in [5.41, 5.74) is 2.67. The molecule has 2 rings (SSSR count). The molecule has 5 heteroatoms. The van der Waals surface area contributed by atoms with Crippen LogP contribution in [0.25, 0.3) is 0 Å². The molecule has 0 saturated heterocycles. The molecule has 0 aliphatic heterocycles. The van der Waals surface area contributed by atoms with E-state index in [9.17, 15) is 9.59 Å². The Hall–Kier alpha value is -2.30. The second-order valence-corrected chi connectivity index (χ2v) is 6.04. The Kier molecular flexibility index (Phi) is 6.41. The van der Waals surface area contributed by atoms with Crippen LogP contribution >= 0.6 is 0 Å². The molecule has 1 aliphatic carbocycles. The summed E-state index contributed by atoms with van der Waals surface area (Å²) in [4.78, 5) is 25.9. The van der Waals surface area contributed by atoms with Crippen molar-refractivity contribution in [1.29, 1.82) is 0 Å². The van der Waals surface area contributed by atoms with Gasteiger partial charge in [0.25, 0.3) is 0 Å². The molecule has 0 saturated carbocycles. The third-order valence-corrected chi connectivity index (χ3v) is 4.39. The van der Waals surface area contributed by atoms with Crippen LogP contribution in [0.2, 0.25) is 0 Å². The number of carbonyl (C=O) groups is 2. The third-order valence-electron chi connectivity index (χ3n) is 4.39. The van der Waals surface area contributed by atoms with Crippen LogP contribution in [0.4, 0.5) is 10.5 Å². The van der Waals surface area contributed by atoms with E-state index in [2.05, 4.69) is 10.6 Å². The van der Waals surface area contributed by atoms with Gasteiger partial charge in [0.05, 0.1) is 6.04 Å². The second-order valence-electron chi connectivity index (χ2n) is 6.04. The lowest BCUT2D eigenvalue weighted by atomic mass is 10.1. The van der Waals surface area contributed by atoms with Crippen LogP contribution in [-0.4, -0.2) is 29.9 Å². The van der Waals surface area contributed by atoms with Crippen LogP contribution in [0, 0.1) is 0 Å². The smallest absolute Gasteiger partial charge is 0.321 e. The van der Waals surface area contributed by atoms with Crippen molar-refractivity contribution in [2.75, 3.05) is 18.4 Å². The second kappa shape index (κ2) is 8.52. The molecular formula is C19H27N3O2. The molecular weight excluding hydrogens is 302 g/mol. The van der Waals surface area contributed by atoms with Gasteiger partial charge < -0.3 is 15.5 Å². The maximum Gasteiger partial charge on any atom is 0.321 e. The van der Waals surface area contributed by atoms with Gasteiger partial charge in [-0.25, -0.2) is 4.79 Å². The highest BCUT2D eigenvalue weighted by Crippen LogP contribution is 2.20. The average molecular weight is 329 g/mol. The number of carbonyl (C=O) groups excluding carboxylic acids is 2. The molecule has 0 fully saturated rings. The number of nitrogens with zero attached hydrogens (tertiary/aromatic N) is 1. The predicted molar refractivity (Wildman–Crippen MR) is 96.9 cm³/mol. The number of hydrogen-bond acceptors (Lipinski definition) is 2. The molecule has 2 N–H and O–H groups in total. The van der Waals surface area contributed by atoms with Crippen molar-refractivity contribution in [3.63, 3.8) is 0 Å². The fraction of sp³-hybridized carbons (Fsp3) is 0.474. The van der Waals surface area contributed by atoms with Crippen molar-refractivity contribution < 1.29 is 9.59 Å². The minimum Gasteiger partial charge on any atom is -0.346 e. The summed E-state index contributed by atoms with van der Waals surface area (Å²) in [6.45, 7) is 7.24. The molecule has 1 aliphatic rings. The van der Waals surface area contributed by atoms with Gasteiger partial charge in [0.2, 0.25) is 5.91 Å². The zero-order valence-electron chi connectivity index (χ0n) is 14.8. The van der Waals surface area contributed by atoms with E-state index in [0.717, 1.165) is 36.1 Å². The Morgan fingerprint density at radius 3 is 2.38 bits per heavy atom. The molecule has 1 aromatic carbocycles. The minimum atomic E-state index is -0.0951. The van der Waals surface area contributed by atoms with E-state index in [1.54, 1.807) is 4.90 Å². The number of rotatable bonds is 6. The van der Waals surface area contributed by atoms with Gasteiger partial charge in [-0.1, -0.05) is 18.2 Å². The maximum absolute atomic E-state index is 12.1. The predicted octanol–water partition coefficient (Wildman–Crippen LogP) is 3.85. The van der Waals surface area contributed by atoms with Gasteiger partial charge in [-0.15, -0.1) is 0 Å². The van der Waals surface area contributed by atoms with Crippen molar-refractivity contribution in [3.05, 3.63) is 41.5 Å². The Labute approximate surface area is 144 Å². The van der Waals surface area contributed by atoms with E-state index >= 15 is 0 Å². The van der Waals surface area contributed by atoms with Crippen LogP contribution in [0.3, 0.4) is 0 Å². The van der Waals surface area contributed by atoms with Gasteiger partial charge in [0.15, 0.2) is 0 Å². The molecule has 1 atom stereocenters. The quantitative estimate of drug-likeness (QED) is 0.833. The van der Waals surface area contributed by atoms with Crippen LogP contribution in [-0.2, 0) is 4.79 Å². The SMILES string of the molecule is CCN(CC)C(=O)Nc1ccc(C(C)NC(=O)C2=CCCC2)cc1. The fourth-order valence-electron chi connectivity index (χ4n) is 2.82. The highest BCUT2D eigenvalue weighted by atomic mass is 16.2. The van der Waals surface area contributed by atoms with E-state index in [1.165, 1.54) is 0 Å². The van der Waals surface area contributed by atoms with E-state index in [-0.39, 0.29) is 18.0 Å². The van der Waals surface area contributed by atoms with Gasteiger partial charge in [-0.3, -0.25) is 4.79 Å². The summed E-state index contributed by atoms with van der Waals surface area (Å²) in [6, 6.07) is 7.45. The van der Waals surface area contributed by atoms with Gasteiger partial charge in [0.1, 0.15) is 0 Å². The molecule has 0 aromatic heterocycles. The zero-order valence-corrected chi connectivity index (χ0v) is 14.8. The number of amides is 3. The molecule has 0 spiro atoms. The first-order valence-corrected chi connectivity index (χ1v) is 8.71. The van der Waals surface area contributed by atoms with Gasteiger partial charge >= 0.3 is 6.03 Å². The lowest BCUT2D eigenvalue weighted by Crippen LogP contribution is -2.34. The first-order chi connectivity index (χ1) is 11.5. The summed E-state index contributed by atoms with van der Waals surface area (Å²) in [5.74, 6) is 0.0268. The first-order valence-electron chi connectivity index (χ1n) is 8.71. The lowest BCUT2D eigenvalue weighted by molar-refractivity contribution is -0.118. The largest absolute Gasteiger partial charge is 0.346 e. The summed E-state index contributed by atoms with van der Waals surface area (Å²) in [7, 11) is 0. The van der Waals surface area contributed by atoms with E-state index in [4.69, 9.17) is 0 Å². The molecule has 0 heterocycles. The number of allylic oxidation sites excluding steroid dienone is 1. The van der Waals surface area contributed by atoms with E-state index in [0.29, 0.717) is 13.1 Å². The minimum absolute atomic E-state index is 0.0268. The topological polar surface area (TPSA) is 61.4 Å². The van der Waals surface area contributed by atoms with E-state index in [1.807, 2.05) is 51.1 Å². The fourth-order valence-corrected chi connectivity index (χ4v) is 2.82. The molecule has 24 heavy (non-hydrogen) atoms. The molecule has 0 bridgehead atoms. The summed E-state index contributed by atoms with van der Waals surface area (Å²) < 4.78 is 0. The van der Waals surface area contributed by atoms with Crippen molar-refractivity contribution in [2.24, 2.45) is 0 Å². The number of anilines is 1. The van der Waals surface area contributed by atoms with Crippen molar-refractivity contribution in [2.45, 2.75) is 46.1 Å². The Balaban J connectivity index is 1.93. The van der Waals surface area contributed by atoms with E-state index < -0.39 is 0 Å². The standard InChI is InChI=1S/C19H27N3O2/c1-4-22(5-2)19(24)21-17-12-10-15(11-13-17)14(3)20-18(23)16-8-6-7-9-16/h8,10-14H,4-7,9H2,1-3H3,(H,20,23)(H,21,24). The number of benzene rings is 1. The third kappa shape index (κ3) is 4.60. The van der Waals surface area contributed by atoms with Gasteiger partial charge in [-0.2, -0.15) is 0 Å². The van der Waals surface area contributed by atoms with Gasteiger partial charge in [0, 0.05) is 24.4 Å². The average Bonchev–Trinajstić information content (AvgIpc) is 3.11. The van der Waals surface area contributed by atoms with Crippen LogP contribution < -0.4 is 10.6 Å². The lowest BCUT2D eigenvalue weighted by Gasteiger charge is -2.20. The number of urea groups is 1. The summed E-state index contributed by atoms with van der Waals surface area (Å²) in [5, 5.41) is 5.92. The number of nitrogens with one attached hydrogen (secondary N) is 2. The van der Waals surface area contributed by atoms with Crippen molar-refractivity contribution in [1.82, 2.24) is 10.2 Å². The number of hydrogen-bond donors (Lipinski definition) is 2. The molecule has 3 amide bonds. The Morgan fingerprint density at radius 1 is 1.17 bits per heavy atom. The maximum atomic E-state index is 12.1. The van der Waals surface area contributed by atoms with Crippen LogP contribution in [0.1, 0.15) is 51.6 Å². The van der Waals surface area contributed by atoms with Crippen molar-refractivity contribution >= 4 is 17.6 Å².